The molecule has 5 nitrogen and oxygen atoms in total. The van der Waals surface area contributed by atoms with E-state index in [0.717, 1.165) is 16.9 Å². The smallest absolute Gasteiger partial charge is 0.224 e. The van der Waals surface area contributed by atoms with E-state index in [1.165, 1.54) is 0 Å². The Morgan fingerprint density at radius 2 is 2.06 bits per heavy atom. The number of nitrogens with zero attached hydrogens (tertiary/aromatic N) is 1. The van der Waals surface area contributed by atoms with Crippen LogP contribution in [-0.2, 0) is 4.79 Å². The quantitative estimate of drug-likeness (QED) is 0.749. The first-order valence-electron chi connectivity index (χ1n) is 5.89. The lowest BCUT2D eigenvalue weighted by Gasteiger charge is -2.05. The van der Waals surface area contributed by atoms with Gasteiger partial charge in [0.25, 0.3) is 0 Å². The van der Waals surface area contributed by atoms with Crippen molar-refractivity contribution in [1.82, 2.24) is 10.2 Å². The predicted molar refractivity (Wildman–Crippen MR) is 70.9 cm³/mol. The van der Waals surface area contributed by atoms with Gasteiger partial charge < -0.3 is 11.1 Å². The van der Waals surface area contributed by atoms with Crippen LogP contribution in [0.2, 0.25) is 0 Å². The normalized spacial score (nSPS) is 10.3. The average molecular weight is 244 g/mol. The van der Waals surface area contributed by atoms with Crippen molar-refractivity contribution in [1.29, 1.82) is 0 Å². The van der Waals surface area contributed by atoms with Gasteiger partial charge in [-0.3, -0.25) is 9.89 Å². The van der Waals surface area contributed by atoms with Crippen molar-refractivity contribution < 1.29 is 4.79 Å². The molecule has 18 heavy (non-hydrogen) atoms. The minimum atomic E-state index is -0.00487. The van der Waals surface area contributed by atoms with Crippen LogP contribution in [-0.4, -0.2) is 22.6 Å². The minimum Gasteiger partial charge on any atom is -0.330 e. The molecule has 2 aromatic rings. The van der Waals surface area contributed by atoms with Crippen molar-refractivity contribution in [3.63, 3.8) is 0 Å². The van der Waals surface area contributed by atoms with Crippen LogP contribution in [0.25, 0.3) is 11.3 Å². The van der Waals surface area contributed by atoms with E-state index in [9.17, 15) is 4.79 Å². The van der Waals surface area contributed by atoms with Crippen LogP contribution in [0.4, 0.5) is 5.69 Å². The van der Waals surface area contributed by atoms with Crippen LogP contribution in [0, 0.1) is 0 Å². The van der Waals surface area contributed by atoms with E-state index in [4.69, 9.17) is 5.73 Å². The van der Waals surface area contributed by atoms with Crippen molar-refractivity contribution >= 4 is 11.6 Å². The standard InChI is InChI=1S/C13H16N4O/c14-8-1-2-13(18)16-11-5-3-10(4-6-11)12-7-9-15-17-12/h3-7,9H,1-2,8,14H2,(H,15,17)(H,16,18). The van der Waals surface area contributed by atoms with Gasteiger partial charge >= 0.3 is 0 Å². The molecule has 1 aromatic carbocycles. The molecular weight excluding hydrogens is 228 g/mol. The molecule has 2 rings (SSSR count). The summed E-state index contributed by atoms with van der Waals surface area (Å²) in [6.45, 7) is 0.534. The lowest BCUT2D eigenvalue weighted by molar-refractivity contribution is -0.116. The van der Waals surface area contributed by atoms with Gasteiger partial charge in [0.2, 0.25) is 5.91 Å². The molecule has 1 amide bonds. The third-order valence-electron chi connectivity index (χ3n) is 2.59. The Kier molecular flexibility index (Phi) is 4.09. The molecule has 0 radical (unpaired) electrons. The van der Waals surface area contributed by atoms with Crippen LogP contribution >= 0.6 is 0 Å². The number of carbonyl (C=O) groups is 1. The number of nitrogens with one attached hydrogen (secondary N) is 2. The summed E-state index contributed by atoms with van der Waals surface area (Å²) in [6, 6.07) is 9.51. The molecule has 0 unspecified atom stereocenters. The van der Waals surface area contributed by atoms with Gasteiger partial charge in [0.1, 0.15) is 0 Å². The van der Waals surface area contributed by atoms with Crippen LogP contribution < -0.4 is 11.1 Å². The van der Waals surface area contributed by atoms with Crippen molar-refractivity contribution in [2.24, 2.45) is 5.73 Å². The van der Waals surface area contributed by atoms with E-state index in [1.54, 1.807) is 6.20 Å². The molecule has 94 valence electrons. The Balaban J connectivity index is 1.98. The number of aromatic amines is 1. The van der Waals surface area contributed by atoms with Crippen LogP contribution in [0.15, 0.2) is 36.5 Å². The maximum absolute atomic E-state index is 11.5. The molecule has 0 saturated carbocycles. The highest BCUT2D eigenvalue weighted by molar-refractivity contribution is 5.90. The van der Waals surface area contributed by atoms with Gasteiger partial charge in [-0.25, -0.2) is 0 Å². The molecule has 0 saturated heterocycles. The van der Waals surface area contributed by atoms with Gasteiger partial charge in [-0.15, -0.1) is 0 Å². The van der Waals surface area contributed by atoms with Gasteiger partial charge in [0, 0.05) is 18.3 Å². The van der Waals surface area contributed by atoms with E-state index in [1.807, 2.05) is 30.3 Å². The zero-order valence-corrected chi connectivity index (χ0v) is 10.0. The third-order valence-corrected chi connectivity index (χ3v) is 2.59. The number of amides is 1. The van der Waals surface area contributed by atoms with Crippen molar-refractivity contribution in [2.75, 3.05) is 11.9 Å². The second-order valence-corrected chi connectivity index (χ2v) is 3.99. The number of anilines is 1. The Hall–Kier alpha value is -2.14. The number of nitrogens with two attached hydrogens (primary N) is 1. The van der Waals surface area contributed by atoms with Gasteiger partial charge in [-0.2, -0.15) is 5.10 Å². The predicted octanol–water partition coefficient (Wildman–Crippen LogP) is 1.75. The van der Waals surface area contributed by atoms with Crippen LogP contribution in [0.3, 0.4) is 0 Å². The van der Waals surface area contributed by atoms with Gasteiger partial charge in [-0.1, -0.05) is 12.1 Å². The SMILES string of the molecule is NCCCC(=O)Nc1ccc(-c2ccn[nH]2)cc1. The number of benzene rings is 1. The summed E-state index contributed by atoms with van der Waals surface area (Å²) in [7, 11) is 0. The van der Waals surface area contributed by atoms with Gasteiger partial charge in [0.15, 0.2) is 0 Å². The van der Waals surface area contributed by atoms with E-state index in [2.05, 4.69) is 15.5 Å². The fraction of sp³-hybridized carbons (Fsp3) is 0.231. The number of H-pyrrole nitrogens is 1. The highest BCUT2D eigenvalue weighted by Crippen LogP contribution is 2.18. The maximum atomic E-state index is 11.5. The third kappa shape index (κ3) is 3.18. The summed E-state index contributed by atoms with van der Waals surface area (Å²) in [4.78, 5) is 11.5. The van der Waals surface area contributed by atoms with Crippen LogP contribution in [0.5, 0.6) is 0 Å². The molecular formula is C13H16N4O. The maximum Gasteiger partial charge on any atom is 0.224 e. The molecule has 0 aliphatic rings. The first kappa shape index (κ1) is 12.3. The number of carbonyl (C=O) groups excluding carboxylic acids is 1. The largest absolute Gasteiger partial charge is 0.330 e. The number of hydrogen-bond acceptors (Lipinski definition) is 3. The van der Waals surface area contributed by atoms with Crippen LogP contribution in [0.1, 0.15) is 12.8 Å². The molecule has 0 aliphatic carbocycles. The first-order valence-corrected chi connectivity index (χ1v) is 5.89. The zero-order valence-electron chi connectivity index (χ0n) is 10.0. The van der Waals surface area contributed by atoms with Crippen molar-refractivity contribution in [3.05, 3.63) is 36.5 Å². The molecule has 0 bridgehead atoms. The summed E-state index contributed by atoms with van der Waals surface area (Å²) < 4.78 is 0. The topological polar surface area (TPSA) is 83.8 Å². The summed E-state index contributed by atoms with van der Waals surface area (Å²) >= 11 is 0. The Bertz CT molecular complexity index is 490. The van der Waals surface area contributed by atoms with E-state index in [-0.39, 0.29) is 5.91 Å². The Labute approximate surface area is 105 Å². The zero-order chi connectivity index (χ0) is 12.8. The lowest BCUT2D eigenvalue weighted by Crippen LogP contribution is -2.13. The summed E-state index contributed by atoms with van der Waals surface area (Å²) in [5.74, 6) is -0.00487. The van der Waals surface area contributed by atoms with Gasteiger partial charge in [-0.05, 0) is 36.7 Å². The molecule has 4 N–H and O–H groups in total. The summed E-state index contributed by atoms with van der Waals surface area (Å²) in [6.07, 6.45) is 2.87. The van der Waals surface area contributed by atoms with Crippen molar-refractivity contribution in [2.45, 2.75) is 12.8 Å². The number of rotatable bonds is 5. The number of hydrogen-bond donors (Lipinski definition) is 3. The second kappa shape index (κ2) is 5.97. The molecule has 5 heteroatoms. The van der Waals surface area contributed by atoms with E-state index >= 15 is 0 Å². The summed E-state index contributed by atoms with van der Waals surface area (Å²) in [5.41, 5.74) is 8.14. The monoisotopic (exact) mass is 244 g/mol. The minimum absolute atomic E-state index is 0.00487. The highest BCUT2D eigenvalue weighted by atomic mass is 16.1. The first-order chi connectivity index (χ1) is 8.79. The molecule has 0 spiro atoms. The number of aromatic nitrogens is 2. The Morgan fingerprint density at radius 3 is 2.67 bits per heavy atom. The fourth-order valence-electron chi connectivity index (χ4n) is 1.64. The molecule has 1 heterocycles. The molecule has 0 fully saturated rings. The molecule has 0 atom stereocenters. The Morgan fingerprint density at radius 1 is 1.28 bits per heavy atom. The molecule has 1 aromatic heterocycles. The summed E-state index contributed by atoms with van der Waals surface area (Å²) in [5, 5.41) is 9.62. The van der Waals surface area contributed by atoms with E-state index < -0.39 is 0 Å². The lowest BCUT2D eigenvalue weighted by atomic mass is 10.1. The van der Waals surface area contributed by atoms with Crippen molar-refractivity contribution in [3.8, 4) is 11.3 Å². The molecule has 0 aliphatic heterocycles. The van der Waals surface area contributed by atoms with Gasteiger partial charge in [0.05, 0.1) is 5.69 Å². The average Bonchev–Trinajstić information content (AvgIpc) is 2.91. The fourth-order valence-corrected chi connectivity index (χ4v) is 1.64. The van der Waals surface area contributed by atoms with E-state index in [0.29, 0.717) is 19.4 Å². The second-order valence-electron chi connectivity index (χ2n) is 3.99. The highest BCUT2D eigenvalue weighted by Gasteiger charge is 2.02.